The van der Waals surface area contributed by atoms with Crippen molar-refractivity contribution < 1.29 is 19.1 Å². The molecule has 0 aliphatic heterocycles. The minimum atomic E-state index is -0.240. The normalized spacial score (nSPS) is 8.40. The second kappa shape index (κ2) is 7.53. The summed E-state index contributed by atoms with van der Waals surface area (Å²) in [6.45, 7) is 4.23. The molecule has 0 bridgehead atoms. The summed E-state index contributed by atoms with van der Waals surface area (Å²) >= 11 is 0. The van der Waals surface area contributed by atoms with Crippen molar-refractivity contribution in [2.45, 2.75) is 20.3 Å². The molecule has 0 spiro atoms. The van der Waals surface area contributed by atoms with Crippen molar-refractivity contribution in [1.29, 1.82) is 0 Å². The highest BCUT2D eigenvalue weighted by atomic mass is 16.5. The average molecular weight is 211 g/mol. The number of esters is 1. The third-order valence-electron chi connectivity index (χ3n) is 1.71. The van der Waals surface area contributed by atoms with Crippen LogP contribution in [0, 0.1) is 0 Å². The fraction of sp³-hybridized carbons (Fsp3) is 0.400. The van der Waals surface area contributed by atoms with Crippen LogP contribution in [0.25, 0.3) is 0 Å². The lowest BCUT2D eigenvalue weighted by atomic mass is 10.1. The van der Waals surface area contributed by atoms with E-state index in [4.69, 9.17) is 14.3 Å². The molecule has 0 aromatic carbocycles. The van der Waals surface area contributed by atoms with E-state index in [1.807, 2.05) is 13.1 Å². The van der Waals surface area contributed by atoms with Gasteiger partial charge in [-0.25, -0.2) is 4.79 Å². The number of aryl methyl sites for hydroxylation is 1. The number of carbonyl (C=O) groups is 1. The van der Waals surface area contributed by atoms with Crippen LogP contribution in [0.5, 0.6) is 0 Å². The summed E-state index contributed by atoms with van der Waals surface area (Å²) in [6.07, 6.45) is 4.60. The minimum absolute atomic E-state index is 0.240. The van der Waals surface area contributed by atoms with Gasteiger partial charge in [-0.05, 0) is 18.9 Å². The van der Waals surface area contributed by atoms with Crippen molar-refractivity contribution in [1.82, 2.24) is 4.98 Å². The number of aromatic nitrogens is 1. The van der Waals surface area contributed by atoms with Gasteiger partial charge in [0.2, 0.25) is 0 Å². The Labute approximate surface area is 87.4 Å². The van der Waals surface area contributed by atoms with Gasteiger partial charge >= 0.3 is 12.1 Å². The van der Waals surface area contributed by atoms with Gasteiger partial charge in [-0.1, -0.05) is 6.92 Å². The molecular formula is C10H13NO4. The average Bonchev–Trinajstić information content (AvgIpc) is 2.67. The summed E-state index contributed by atoms with van der Waals surface area (Å²) in [5, 5.41) is 0. The van der Waals surface area contributed by atoms with Gasteiger partial charge < -0.3 is 9.72 Å². The molecule has 0 unspecified atom stereocenters. The number of nitrogens with one attached hydrogen (secondary N) is 1. The molecular weight excluding hydrogens is 198 g/mol. The van der Waals surface area contributed by atoms with Crippen molar-refractivity contribution in [2.24, 2.45) is 0 Å². The third kappa shape index (κ3) is 4.24. The highest BCUT2D eigenvalue weighted by molar-refractivity contribution is 5.90. The lowest BCUT2D eigenvalue weighted by Gasteiger charge is -2.00. The Morgan fingerprint density at radius 2 is 2.00 bits per heavy atom. The van der Waals surface area contributed by atoms with Crippen LogP contribution in [-0.2, 0) is 20.7 Å². The SMILES string of the molecule is CCOC(=O)c1c[nH]cc1CC.O=C=O. The molecule has 82 valence electrons. The zero-order valence-electron chi connectivity index (χ0n) is 8.70. The fourth-order valence-corrected chi connectivity index (χ4v) is 1.09. The molecule has 5 heteroatoms. The molecule has 0 radical (unpaired) electrons. The zero-order valence-corrected chi connectivity index (χ0v) is 8.70. The smallest absolute Gasteiger partial charge is 0.373 e. The summed E-state index contributed by atoms with van der Waals surface area (Å²) in [6, 6.07) is 0. The van der Waals surface area contributed by atoms with Crippen molar-refractivity contribution in [3.63, 3.8) is 0 Å². The van der Waals surface area contributed by atoms with E-state index in [0.717, 1.165) is 12.0 Å². The van der Waals surface area contributed by atoms with Crippen molar-refractivity contribution >= 4 is 12.1 Å². The molecule has 1 rings (SSSR count). The molecule has 0 aliphatic carbocycles. The number of hydrogen-bond acceptors (Lipinski definition) is 4. The second-order valence-corrected chi connectivity index (χ2v) is 2.55. The maximum absolute atomic E-state index is 11.2. The fourth-order valence-electron chi connectivity index (χ4n) is 1.09. The number of ether oxygens (including phenoxy) is 1. The Hall–Kier alpha value is -1.87. The van der Waals surface area contributed by atoms with Gasteiger partial charge in [-0.2, -0.15) is 9.59 Å². The van der Waals surface area contributed by atoms with E-state index in [-0.39, 0.29) is 12.1 Å². The Morgan fingerprint density at radius 1 is 1.40 bits per heavy atom. The number of hydrogen-bond donors (Lipinski definition) is 1. The van der Waals surface area contributed by atoms with Gasteiger partial charge in [0.1, 0.15) is 0 Å². The molecule has 1 N–H and O–H groups in total. The van der Waals surface area contributed by atoms with Crippen LogP contribution in [-0.4, -0.2) is 23.7 Å². The summed E-state index contributed by atoms with van der Waals surface area (Å²) in [5.41, 5.74) is 1.66. The molecule has 1 aromatic heterocycles. The molecule has 0 atom stereocenters. The van der Waals surface area contributed by atoms with Gasteiger partial charge in [0, 0.05) is 12.4 Å². The summed E-state index contributed by atoms with van der Waals surface area (Å²) in [4.78, 5) is 30.4. The zero-order chi connectivity index (χ0) is 11.7. The second-order valence-electron chi connectivity index (χ2n) is 2.55. The highest BCUT2D eigenvalue weighted by Gasteiger charge is 2.11. The van der Waals surface area contributed by atoms with E-state index >= 15 is 0 Å². The Balaban J connectivity index is 0.000000583. The molecule has 0 saturated heterocycles. The van der Waals surface area contributed by atoms with E-state index in [1.165, 1.54) is 0 Å². The largest absolute Gasteiger partial charge is 0.462 e. The standard InChI is InChI=1S/C9H13NO2.CO2/c1-3-7-5-10-6-8(7)9(11)12-4-2;2-1-3/h5-6,10H,3-4H2,1-2H3;. The maximum Gasteiger partial charge on any atom is 0.373 e. The van der Waals surface area contributed by atoms with Crippen LogP contribution in [0.2, 0.25) is 0 Å². The molecule has 0 aliphatic rings. The van der Waals surface area contributed by atoms with Gasteiger partial charge in [0.05, 0.1) is 12.2 Å². The summed E-state index contributed by atoms with van der Waals surface area (Å²) in [5.74, 6) is -0.240. The first-order chi connectivity index (χ1) is 7.21. The quantitative estimate of drug-likeness (QED) is 0.761. The van der Waals surface area contributed by atoms with Gasteiger partial charge in [-0.3, -0.25) is 0 Å². The predicted molar refractivity (Wildman–Crippen MR) is 51.1 cm³/mol. The van der Waals surface area contributed by atoms with Gasteiger partial charge in [-0.15, -0.1) is 0 Å². The minimum Gasteiger partial charge on any atom is -0.462 e. The third-order valence-corrected chi connectivity index (χ3v) is 1.71. The maximum atomic E-state index is 11.2. The van der Waals surface area contributed by atoms with Gasteiger partial charge in [0.15, 0.2) is 0 Å². The van der Waals surface area contributed by atoms with E-state index in [9.17, 15) is 4.79 Å². The first-order valence-corrected chi connectivity index (χ1v) is 4.53. The lowest BCUT2D eigenvalue weighted by molar-refractivity contribution is -0.191. The first-order valence-electron chi connectivity index (χ1n) is 4.53. The number of aromatic amines is 1. The van der Waals surface area contributed by atoms with Crippen LogP contribution < -0.4 is 0 Å². The number of carbonyl (C=O) groups excluding carboxylic acids is 3. The van der Waals surface area contributed by atoms with E-state index in [2.05, 4.69) is 4.98 Å². The molecule has 0 amide bonds. The molecule has 15 heavy (non-hydrogen) atoms. The Bertz CT molecular complexity index is 337. The van der Waals surface area contributed by atoms with Gasteiger partial charge in [0.25, 0.3) is 0 Å². The lowest BCUT2D eigenvalue weighted by Crippen LogP contribution is -2.05. The molecule has 0 saturated carbocycles. The Morgan fingerprint density at radius 3 is 2.47 bits per heavy atom. The highest BCUT2D eigenvalue weighted by Crippen LogP contribution is 2.09. The van der Waals surface area contributed by atoms with Crippen LogP contribution >= 0.6 is 0 Å². The summed E-state index contributed by atoms with van der Waals surface area (Å²) in [7, 11) is 0. The van der Waals surface area contributed by atoms with E-state index < -0.39 is 0 Å². The van der Waals surface area contributed by atoms with Crippen molar-refractivity contribution in [3.05, 3.63) is 23.5 Å². The number of rotatable bonds is 3. The van der Waals surface area contributed by atoms with Crippen LogP contribution in [0.1, 0.15) is 29.8 Å². The van der Waals surface area contributed by atoms with Crippen molar-refractivity contribution in [3.8, 4) is 0 Å². The topological polar surface area (TPSA) is 76.2 Å². The Kier molecular flexibility index (Phi) is 6.59. The van der Waals surface area contributed by atoms with Crippen LogP contribution in [0.4, 0.5) is 0 Å². The molecule has 0 fully saturated rings. The monoisotopic (exact) mass is 211 g/mol. The van der Waals surface area contributed by atoms with Crippen molar-refractivity contribution in [2.75, 3.05) is 6.61 Å². The molecule has 1 heterocycles. The van der Waals surface area contributed by atoms with Crippen LogP contribution in [0.15, 0.2) is 12.4 Å². The first kappa shape index (κ1) is 13.1. The molecule has 5 nitrogen and oxygen atoms in total. The predicted octanol–water partition coefficient (Wildman–Crippen LogP) is 1.17. The summed E-state index contributed by atoms with van der Waals surface area (Å²) < 4.78 is 4.87. The van der Waals surface area contributed by atoms with E-state index in [1.54, 1.807) is 13.1 Å². The number of H-pyrrole nitrogens is 1. The molecule has 1 aromatic rings. The van der Waals surface area contributed by atoms with E-state index in [0.29, 0.717) is 12.2 Å². The van der Waals surface area contributed by atoms with Crippen LogP contribution in [0.3, 0.4) is 0 Å².